The number of Topliss-reactive ketones (excluding diaryl/α,β-unsaturated/α-hetero) is 1. The topological polar surface area (TPSA) is 98.1 Å². The van der Waals surface area contributed by atoms with Gasteiger partial charge in [-0.1, -0.05) is 0 Å². The highest BCUT2D eigenvalue weighted by molar-refractivity contribution is 6.11. The number of urea groups is 1. The fraction of sp³-hybridized carbons (Fsp3) is 0.350. The first kappa shape index (κ1) is 19.5. The van der Waals surface area contributed by atoms with Crippen LogP contribution in [0.25, 0.3) is 0 Å². The molecular weight excluding hydrogens is 364 g/mol. The highest BCUT2D eigenvalue weighted by atomic mass is 16.5. The van der Waals surface area contributed by atoms with Crippen LogP contribution in [0, 0.1) is 13.8 Å². The van der Waals surface area contributed by atoms with E-state index in [0.29, 0.717) is 28.6 Å². The van der Waals surface area contributed by atoms with Crippen LogP contribution in [0.5, 0.6) is 11.5 Å². The Morgan fingerprint density at radius 2 is 1.89 bits per heavy atom. The molecule has 1 unspecified atom stereocenters. The van der Waals surface area contributed by atoms with E-state index >= 15 is 0 Å². The predicted octanol–water partition coefficient (Wildman–Crippen LogP) is 2.56. The van der Waals surface area contributed by atoms with Gasteiger partial charge in [-0.05, 0) is 39.0 Å². The lowest BCUT2D eigenvalue weighted by molar-refractivity contribution is -0.130. The summed E-state index contributed by atoms with van der Waals surface area (Å²) in [5, 5.41) is 2.68. The number of furan rings is 1. The van der Waals surface area contributed by atoms with E-state index in [0.717, 1.165) is 4.90 Å². The third kappa shape index (κ3) is 3.11. The number of nitrogens with one attached hydrogen (secondary N) is 1. The van der Waals surface area contributed by atoms with Crippen LogP contribution in [0.1, 0.15) is 34.4 Å². The quantitative estimate of drug-likeness (QED) is 0.605. The molecule has 8 nitrogen and oxygen atoms in total. The fourth-order valence-corrected chi connectivity index (χ4v) is 3.41. The highest BCUT2D eigenvalue weighted by Crippen LogP contribution is 2.33. The number of nitrogens with zero attached hydrogens (tertiary/aromatic N) is 1. The summed E-state index contributed by atoms with van der Waals surface area (Å²) in [7, 11) is 2.93. The number of carbonyl (C=O) groups is 3. The molecule has 0 saturated carbocycles. The Kier molecular flexibility index (Phi) is 4.89. The molecule has 1 N–H and O–H groups in total. The van der Waals surface area contributed by atoms with E-state index in [2.05, 4.69) is 5.32 Å². The molecule has 0 radical (unpaired) electrons. The lowest BCUT2D eigenvalue weighted by atomic mass is 9.92. The molecule has 0 bridgehead atoms. The van der Waals surface area contributed by atoms with Gasteiger partial charge >= 0.3 is 6.03 Å². The van der Waals surface area contributed by atoms with Gasteiger partial charge in [-0.2, -0.15) is 0 Å². The average Bonchev–Trinajstić information content (AvgIpc) is 3.12. The van der Waals surface area contributed by atoms with Crippen molar-refractivity contribution in [2.45, 2.75) is 26.3 Å². The summed E-state index contributed by atoms with van der Waals surface area (Å²) in [4.78, 5) is 39.2. The molecule has 1 saturated heterocycles. The number of hydrogen-bond acceptors (Lipinski definition) is 6. The minimum absolute atomic E-state index is 0.257. The third-order valence-corrected chi connectivity index (χ3v) is 4.87. The van der Waals surface area contributed by atoms with Crippen LogP contribution in [-0.4, -0.2) is 43.4 Å². The number of imide groups is 1. The van der Waals surface area contributed by atoms with E-state index in [-0.39, 0.29) is 5.56 Å². The second-order valence-electron chi connectivity index (χ2n) is 6.76. The predicted molar refractivity (Wildman–Crippen MR) is 99.7 cm³/mol. The second-order valence-corrected chi connectivity index (χ2v) is 6.76. The summed E-state index contributed by atoms with van der Waals surface area (Å²) in [6.45, 7) is 4.68. The lowest BCUT2D eigenvalue weighted by Gasteiger charge is -2.21. The number of methoxy groups -OCH3 is 2. The molecule has 1 aliphatic heterocycles. The zero-order valence-electron chi connectivity index (χ0n) is 16.4. The number of aryl methyl sites for hydroxylation is 2. The Morgan fingerprint density at radius 1 is 1.18 bits per heavy atom. The zero-order chi connectivity index (χ0) is 20.6. The molecule has 0 aliphatic carbocycles. The van der Waals surface area contributed by atoms with Gasteiger partial charge in [0.25, 0.3) is 5.91 Å². The van der Waals surface area contributed by atoms with E-state index in [1.165, 1.54) is 14.2 Å². The molecule has 1 aromatic carbocycles. The van der Waals surface area contributed by atoms with Gasteiger partial charge < -0.3 is 19.2 Å². The Bertz CT molecular complexity index is 964. The van der Waals surface area contributed by atoms with Crippen LogP contribution in [0.4, 0.5) is 4.79 Å². The van der Waals surface area contributed by atoms with Crippen LogP contribution in [0.3, 0.4) is 0 Å². The van der Waals surface area contributed by atoms with E-state index < -0.39 is 29.8 Å². The normalized spacial score (nSPS) is 19.0. The molecule has 1 atom stereocenters. The fourth-order valence-electron chi connectivity index (χ4n) is 3.41. The lowest BCUT2D eigenvalue weighted by Crippen LogP contribution is -2.41. The van der Waals surface area contributed by atoms with Gasteiger partial charge in [0, 0.05) is 11.6 Å². The number of ether oxygens (including phenoxy) is 2. The highest BCUT2D eigenvalue weighted by Gasteiger charge is 2.51. The first-order chi connectivity index (χ1) is 13.2. The van der Waals surface area contributed by atoms with Gasteiger partial charge in [-0.3, -0.25) is 14.5 Å². The van der Waals surface area contributed by atoms with Gasteiger partial charge in [0.1, 0.15) is 28.6 Å². The van der Waals surface area contributed by atoms with Gasteiger partial charge in [0.05, 0.1) is 26.3 Å². The number of ketones is 1. The number of rotatable bonds is 6. The minimum Gasteiger partial charge on any atom is -0.497 e. The standard InChI is InChI=1S/C20H22N2O6/c1-11-8-15(12(2)28-11)20(3)18(24)22(19(25)21-20)10-16(23)14-7-6-13(26-4)9-17(14)27-5/h6-9H,10H2,1-5H3,(H,21,25). The van der Waals surface area contributed by atoms with Gasteiger partial charge in [-0.25, -0.2) is 4.79 Å². The second kappa shape index (κ2) is 7.03. The summed E-state index contributed by atoms with van der Waals surface area (Å²) in [5.41, 5.74) is -0.461. The number of benzene rings is 1. The van der Waals surface area contributed by atoms with Crippen LogP contribution in [0.2, 0.25) is 0 Å². The maximum atomic E-state index is 13.0. The molecular formula is C20H22N2O6. The summed E-state index contributed by atoms with van der Waals surface area (Å²) in [6, 6.07) is 5.81. The van der Waals surface area contributed by atoms with Crippen molar-refractivity contribution in [1.82, 2.24) is 10.2 Å². The Hall–Kier alpha value is -3.29. The Labute approximate surface area is 162 Å². The third-order valence-electron chi connectivity index (χ3n) is 4.87. The van der Waals surface area contributed by atoms with E-state index in [1.54, 1.807) is 45.0 Å². The van der Waals surface area contributed by atoms with Crippen LogP contribution < -0.4 is 14.8 Å². The zero-order valence-corrected chi connectivity index (χ0v) is 16.4. The summed E-state index contributed by atoms with van der Waals surface area (Å²) < 4.78 is 15.9. The first-order valence-electron chi connectivity index (χ1n) is 8.68. The molecule has 3 amide bonds. The smallest absolute Gasteiger partial charge is 0.325 e. The first-order valence-corrected chi connectivity index (χ1v) is 8.68. The van der Waals surface area contributed by atoms with Crippen LogP contribution in [-0.2, 0) is 10.3 Å². The molecule has 1 fully saturated rings. The SMILES string of the molecule is COc1ccc(C(=O)CN2C(=O)NC(C)(c3cc(C)oc3C)C2=O)c(OC)c1. The molecule has 2 aromatic rings. The molecule has 148 valence electrons. The van der Waals surface area contributed by atoms with Crippen molar-refractivity contribution < 1.29 is 28.3 Å². The van der Waals surface area contributed by atoms with Crippen molar-refractivity contribution in [2.75, 3.05) is 20.8 Å². The Balaban J connectivity index is 1.87. The van der Waals surface area contributed by atoms with E-state index in [1.807, 2.05) is 0 Å². The number of amides is 3. The van der Waals surface area contributed by atoms with Crippen LogP contribution >= 0.6 is 0 Å². The van der Waals surface area contributed by atoms with Gasteiger partial charge in [-0.15, -0.1) is 0 Å². The van der Waals surface area contributed by atoms with E-state index in [9.17, 15) is 14.4 Å². The summed E-state index contributed by atoms with van der Waals surface area (Å²) in [6.07, 6.45) is 0. The maximum Gasteiger partial charge on any atom is 0.325 e. The van der Waals surface area contributed by atoms with Crippen molar-refractivity contribution in [2.24, 2.45) is 0 Å². The largest absolute Gasteiger partial charge is 0.497 e. The van der Waals surface area contributed by atoms with Crippen molar-refractivity contribution in [3.05, 3.63) is 46.9 Å². The molecule has 8 heteroatoms. The van der Waals surface area contributed by atoms with Crippen molar-refractivity contribution >= 4 is 17.7 Å². The number of hydrogen-bond donors (Lipinski definition) is 1. The Morgan fingerprint density at radius 3 is 2.46 bits per heavy atom. The monoisotopic (exact) mass is 386 g/mol. The molecule has 2 heterocycles. The summed E-state index contributed by atoms with van der Waals surface area (Å²) >= 11 is 0. The van der Waals surface area contributed by atoms with Crippen molar-refractivity contribution in [3.63, 3.8) is 0 Å². The molecule has 0 spiro atoms. The molecule has 1 aliphatic rings. The summed E-state index contributed by atoms with van der Waals surface area (Å²) in [5.74, 6) is 1.07. The molecule has 1 aromatic heterocycles. The van der Waals surface area contributed by atoms with Crippen molar-refractivity contribution in [3.8, 4) is 11.5 Å². The molecule has 28 heavy (non-hydrogen) atoms. The van der Waals surface area contributed by atoms with Crippen LogP contribution in [0.15, 0.2) is 28.7 Å². The molecule has 3 rings (SSSR count). The maximum absolute atomic E-state index is 13.0. The average molecular weight is 386 g/mol. The van der Waals surface area contributed by atoms with Gasteiger partial charge in [0.2, 0.25) is 0 Å². The minimum atomic E-state index is -1.29. The number of carbonyl (C=O) groups excluding carboxylic acids is 3. The van der Waals surface area contributed by atoms with E-state index in [4.69, 9.17) is 13.9 Å². The van der Waals surface area contributed by atoms with Crippen molar-refractivity contribution in [1.29, 1.82) is 0 Å². The van der Waals surface area contributed by atoms with Gasteiger partial charge in [0.15, 0.2) is 5.78 Å².